The third-order valence-corrected chi connectivity index (χ3v) is 8.19. The Labute approximate surface area is 189 Å². The molecule has 0 saturated carbocycles. The van der Waals surface area contributed by atoms with Gasteiger partial charge in [-0.2, -0.15) is 0 Å². The van der Waals surface area contributed by atoms with Crippen molar-refractivity contribution in [2.75, 3.05) is 13.6 Å². The third-order valence-electron chi connectivity index (χ3n) is 8.19. The Balaban J connectivity index is 1.41. The molecule has 0 radical (unpaired) electrons. The van der Waals surface area contributed by atoms with Crippen molar-refractivity contribution in [1.82, 2.24) is 4.90 Å². The molecule has 1 spiro atoms. The van der Waals surface area contributed by atoms with Gasteiger partial charge in [-0.15, -0.1) is 0 Å². The van der Waals surface area contributed by atoms with Gasteiger partial charge in [-0.05, 0) is 38.1 Å². The van der Waals surface area contributed by atoms with Gasteiger partial charge in [-0.3, -0.25) is 0 Å². The minimum Gasteiger partial charge on any atom is -0.482 e. The maximum absolute atomic E-state index is 11.4. The van der Waals surface area contributed by atoms with Gasteiger partial charge in [0.05, 0.1) is 0 Å². The Kier molecular flexibility index (Phi) is 4.62. The van der Waals surface area contributed by atoms with E-state index in [0.717, 1.165) is 30.5 Å². The summed E-state index contributed by atoms with van der Waals surface area (Å²) in [6.07, 6.45) is -4.29. The molecule has 1 aromatic rings. The van der Waals surface area contributed by atoms with Crippen molar-refractivity contribution in [2.45, 2.75) is 67.2 Å². The van der Waals surface area contributed by atoms with Crippen molar-refractivity contribution in [3.63, 3.8) is 0 Å². The number of rotatable bonds is 3. The highest BCUT2D eigenvalue weighted by molar-refractivity contribution is 5.73. The van der Waals surface area contributed by atoms with E-state index in [4.69, 9.17) is 14.2 Å². The molecule has 10 atom stereocenters. The average molecular weight is 461 g/mol. The van der Waals surface area contributed by atoms with Gasteiger partial charge >= 0.3 is 5.97 Å². The zero-order valence-electron chi connectivity index (χ0n) is 17.9. The first-order valence-electron chi connectivity index (χ1n) is 11.2. The van der Waals surface area contributed by atoms with Crippen LogP contribution >= 0.6 is 0 Å². The lowest BCUT2D eigenvalue weighted by atomic mass is 9.53. The topological polar surface area (TPSA) is 149 Å². The summed E-state index contributed by atoms with van der Waals surface area (Å²) < 4.78 is 17.5. The Morgan fingerprint density at radius 1 is 1.15 bits per heavy atom. The van der Waals surface area contributed by atoms with E-state index in [1.54, 1.807) is 12.1 Å². The Bertz CT molecular complexity index is 1030. The van der Waals surface area contributed by atoms with Gasteiger partial charge in [0.25, 0.3) is 0 Å². The molecule has 3 heterocycles. The van der Waals surface area contributed by atoms with Crippen LogP contribution in [0.25, 0.3) is 0 Å². The predicted octanol–water partition coefficient (Wildman–Crippen LogP) is -1.24. The largest absolute Gasteiger partial charge is 0.482 e. The summed E-state index contributed by atoms with van der Waals surface area (Å²) in [4.78, 5) is 13.8. The van der Waals surface area contributed by atoms with E-state index < -0.39 is 54.3 Å². The van der Waals surface area contributed by atoms with E-state index in [2.05, 4.69) is 18.0 Å². The molecule has 178 valence electrons. The van der Waals surface area contributed by atoms with E-state index >= 15 is 0 Å². The van der Waals surface area contributed by atoms with Crippen molar-refractivity contribution >= 4 is 5.97 Å². The number of nitrogens with zero attached hydrogens (tertiary/aromatic N) is 1. The number of carboxylic acids is 1. The number of benzene rings is 1. The summed E-state index contributed by atoms with van der Waals surface area (Å²) in [5.74, 6) is -0.625. The third kappa shape index (κ3) is 2.73. The number of aliphatic hydroxyl groups excluding tert-OH is 4. The highest BCUT2D eigenvalue weighted by Crippen LogP contribution is 2.62. The Hall–Kier alpha value is -2.21. The van der Waals surface area contributed by atoms with Crippen LogP contribution < -0.4 is 9.47 Å². The molecule has 33 heavy (non-hydrogen) atoms. The van der Waals surface area contributed by atoms with Crippen molar-refractivity contribution in [2.24, 2.45) is 5.92 Å². The van der Waals surface area contributed by atoms with Gasteiger partial charge in [0.1, 0.15) is 30.5 Å². The molecule has 0 aromatic heterocycles. The van der Waals surface area contributed by atoms with Crippen LogP contribution in [0.4, 0.5) is 0 Å². The molecule has 0 amide bonds. The standard InChI is InChI=1S/C23H27NO9/c1-24-7-6-23-10-3-4-12(25)20(23)32-18-13(5-2-9(14(18)23)8-11(10)24)31-22-17(28)15(26)16(27)19(33-22)21(29)30/h2-5,10-12,15-17,19-20,22,25-28H,6-8H2,1H3,(H,29,30)/t10-,11+,12?,15?,16?,17?,19?,20-,22?,23+/m0/s1. The van der Waals surface area contributed by atoms with Gasteiger partial charge in [0.2, 0.25) is 6.29 Å². The van der Waals surface area contributed by atoms with Crippen molar-refractivity contribution in [1.29, 1.82) is 0 Å². The summed E-state index contributed by atoms with van der Waals surface area (Å²) >= 11 is 0. The minimum atomic E-state index is -1.80. The highest BCUT2D eigenvalue weighted by atomic mass is 16.7. The molecule has 2 saturated heterocycles. The number of ether oxygens (including phenoxy) is 3. The number of carbonyl (C=O) groups is 1. The molecule has 2 bridgehead atoms. The second kappa shape index (κ2) is 7.14. The fraction of sp³-hybridized carbons (Fsp3) is 0.609. The monoisotopic (exact) mass is 461 g/mol. The lowest BCUT2D eigenvalue weighted by molar-refractivity contribution is -0.271. The summed E-state index contributed by atoms with van der Waals surface area (Å²) in [7, 11) is 2.12. The van der Waals surface area contributed by atoms with Crippen LogP contribution in [0, 0.1) is 5.92 Å². The van der Waals surface area contributed by atoms with Crippen molar-refractivity contribution in [3.05, 3.63) is 35.4 Å². The number of aliphatic hydroxyl groups is 4. The minimum absolute atomic E-state index is 0.165. The predicted molar refractivity (Wildman–Crippen MR) is 111 cm³/mol. The van der Waals surface area contributed by atoms with Gasteiger partial charge in [0, 0.05) is 22.9 Å². The lowest BCUT2D eigenvalue weighted by Gasteiger charge is -2.56. The van der Waals surface area contributed by atoms with Crippen molar-refractivity contribution in [3.8, 4) is 11.5 Å². The maximum atomic E-state index is 11.4. The summed E-state index contributed by atoms with van der Waals surface area (Å²) in [6, 6.07) is 3.90. The fourth-order valence-electron chi connectivity index (χ4n) is 6.60. The van der Waals surface area contributed by atoms with Crippen LogP contribution in [0.1, 0.15) is 17.5 Å². The van der Waals surface area contributed by atoms with Gasteiger partial charge in [-0.1, -0.05) is 18.2 Å². The lowest BCUT2D eigenvalue weighted by Crippen LogP contribution is -2.64. The quantitative estimate of drug-likeness (QED) is 0.346. The molecule has 2 fully saturated rings. The normalized spacial score (nSPS) is 45.3. The number of aliphatic carboxylic acids is 1. The number of hydrogen-bond donors (Lipinski definition) is 5. The number of likely N-dealkylation sites (N-methyl/N-ethyl adjacent to an activating group) is 1. The summed E-state index contributed by atoms with van der Waals surface area (Å²) in [6.45, 7) is 0.861. The molecule has 2 aliphatic carbocycles. The van der Waals surface area contributed by atoms with E-state index in [1.165, 1.54) is 0 Å². The van der Waals surface area contributed by atoms with Crippen LogP contribution in [0.3, 0.4) is 0 Å². The Morgan fingerprint density at radius 2 is 1.94 bits per heavy atom. The first kappa shape index (κ1) is 21.3. The van der Waals surface area contributed by atoms with E-state index in [9.17, 15) is 30.3 Å². The molecule has 10 nitrogen and oxygen atoms in total. The Morgan fingerprint density at radius 3 is 2.70 bits per heavy atom. The fourth-order valence-corrected chi connectivity index (χ4v) is 6.60. The van der Waals surface area contributed by atoms with Gasteiger partial charge < -0.3 is 44.6 Å². The second-order valence-electron chi connectivity index (χ2n) is 9.76. The molecular formula is C23H27NO9. The molecule has 1 aromatic carbocycles. The SMILES string of the molecule is CN1CC[C@@]23c4c5ccc(OC6OC(C(=O)O)C(O)C(O)C6O)c4O[C@H]2C(O)C=C[C@H]3[C@H]1C5. The van der Waals surface area contributed by atoms with Crippen molar-refractivity contribution < 1.29 is 44.5 Å². The molecule has 6 unspecified atom stereocenters. The highest BCUT2D eigenvalue weighted by Gasteiger charge is 2.64. The first-order valence-corrected chi connectivity index (χ1v) is 11.2. The number of hydrogen-bond acceptors (Lipinski definition) is 9. The molecule has 5 aliphatic rings. The van der Waals surface area contributed by atoms with E-state index in [0.29, 0.717) is 5.75 Å². The van der Waals surface area contributed by atoms with Gasteiger partial charge in [-0.25, -0.2) is 4.79 Å². The zero-order valence-corrected chi connectivity index (χ0v) is 17.9. The number of likely N-dealkylation sites (tertiary alicyclic amines) is 1. The summed E-state index contributed by atoms with van der Waals surface area (Å²) in [5.41, 5.74) is 1.70. The van der Waals surface area contributed by atoms with Gasteiger partial charge in [0.15, 0.2) is 17.6 Å². The number of piperidine rings is 1. The van der Waals surface area contributed by atoms with E-state index in [-0.39, 0.29) is 17.7 Å². The molecule has 5 N–H and O–H groups in total. The van der Waals surface area contributed by atoms with Crippen LogP contribution in [0.15, 0.2) is 24.3 Å². The molecule has 3 aliphatic heterocycles. The average Bonchev–Trinajstić information content (AvgIpc) is 3.14. The van der Waals surface area contributed by atoms with Crippen LogP contribution in [0.5, 0.6) is 11.5 Å². The maximum Gasteiger partial charge on any atom is 0.335 e. The molecule has 10 heteroatoms. The zero-order chi connectivity index (χ0) is 23.2. The second-order valence-corrected chi connectivity index (χ2v) is 9.76. The van der Waals surface area contributed by atoms with Crippen LogP contribution in [0.2, 0.25) is 0 Å². The molecular weight excluding hydrogens is 434 g/mol. The smallest absolute Gasteiger partial charge is 0.335 e. The number of carboxylic acid groups (broad SMARTS) is 1. The first-order chi connectivity index (χ1) is 15.7. The molecule has 6 rings (SSSR count). The van der Waals surface area contributed by atoms with Crippen LogP contribution in [-0.2, 0) is 21.4 Å². The van der Waals surface area contributed by atoms with E-state index in [1.807, 2.05) is 6.07 Å². The summed E-state index contributed by atoms with van der Waals surface area (Å²) in [5, 5.41) is 50.6. The van der Waals surface area contributed by atoms with Crippen LogP contribution in [-0.4, -0.2) is 98.9 Å².